The summed E-state index contributed by atoms with van der Waals surface area (Å²) in [6.07, 6.45) is 3.86. The summed E-state index contributed by atoms with van der Waals surface area (Å²) in [7, 11) is 0. The maximum Gasteiger partial charge on any atom is 0.122 e. The van der Waals surface area contributed by atoms with E-state index in [1.165, 1.54) is 38.0 Å². The van der Waals surface area contributed by atoms with Crippen molar-refractivity contribution in [1.29, 1.82) is 0 Å². The Morgan fingerprint density at radius 2 is 2.16 bits per heavy atom. The Bertz CT molecular complexity index is 423. The lowest BCUT2D eigenvalue weighted by Crippen LogP contribution is -2.29. The minimum absolute atomic E-state index is 0.660. The van der Waals surface area contributed by atoms with Crippen LogP contribution in [-0.2, 0) is 0 Å². The number of rotatable bonds is 4. The Kier molecular flexibility index (Phi) is 4.44. The fraction of sp³-hybridized carbons (Fsp3) is 0.625. The fourth-order valence-electron chi connectivity index (χ4n) is 3.39. The molecule has 2 unspecified atom stereocenters. The van der Waals surface area contributed by atoms with Crippen LogP contribution in [0.4, 0.5) is 0 Å². The number of benzene rings is 1. The number of ether oxygens (including phenoxy) is 1. The first-order valence-electron chi connectivity index (χ1n) is 7.37. The summed E-state index contributed by atoms with van der Waals surface area (Å²) >= 11 is 3.56. The second-order valence-corrected chi connectivity index (χ2v) is 6.56. The standard InChI is InChI=1S/C16H22BrNO/c17-8-5-13-6-9-18(11-13)12-14-7-10-19-16-4-2-1-3-15(14)16/h1-4,13-14H,5-12H2. The van der Waals surface area contributed by atoms with E-state index in [1.54, 1.807) is 0 Å². The van der Waals surface area contributed by atoms with Gasteiger partial charge in [0.2, 0.25) is 0 Å². The van der Waals surface area contributed by atoms with E-state index >= 15 is 0 Å². The number of para-hydroxylation sites is 1. The zero-order chi connectivity index (χ0) is 13.1. The Morgan fingerprint density at radius 1 is 1.26 bits per heavy atom. The van der Waals surface area contributed by atoms with Crippen LogP contribution in [0.15, 0.2) is 24.3 Å². The van der Waals surface area contributed by atoms with Gasteiger partial charge in [0.1, 0.15) is 5.75 Å². The molecule has 1 fully saturated rings. The molecule has 0 aromatic heterocycles. The number of halogens is 1. The van der Waals surface area contributed by atoms with E-state index in [4.69, 9.17) is 4.74 Å². The molecule has 104 valence electrons. The zero-order valence-electron chi connectivity index (χ0n) is 11.4. The zero-order valence-corrected chi connectivity index (χ0v) is 12.9. The van der Waals surface area contributed by atoms with Gasteiger partial charge in [-0.2, -0.15) is 0 Å². The summed E-state index contributed by atoms with van der Waals surface area (Å²) in [5.41, 5.74) is 1.41. The van der Waals surface area contributed by atoms with Crippen LogP contribution < -0.4 is 4.74 Å². The van der Waals surface area contributed by atoms with Crippen molar-refractivity contribution < 1.29 is 4.74 Å². The number of fused-ring (bicyclic) bond motifs is 1. The summed E-state index contributed by atoms with van der Waals surface area (Å²) in [6.45, 7) is 4.64. The van der Waals surface area contributed by atoms with Gasteiger partial charge in [-0.1, -0.05) is 34.1 Å². The molecular formula is C16H22BrNO. The summed E-state index contributed by atoms with van der Waals surface area (Å²) in [6, 6.07) is 8.56. The molecule has 0 bridgehead atoms. The molecule has 0 spiro atoms. The van der Waals surface area contributed by atoms with Crippen LogP contribution in [0.5, 0.6) is 5.75 Å². The first-order valence-corrected chi connectivity index (χ1v) is 8.49. The van der Waals surface area contributed by atoms with Gasteiger partial charge in [0.05, 0.1) is 6.61 Å². The van der Waals surface area contributed by atoms with Crippen molar-refractivity contribution >= 4 is 15.9 Å². The lowest BCUT2D eigenvalue weighted by Gasteiger charge is -2.29. The van der Waals surface area contributed by atoms with Crippen molar-refractivity contribution in [3.63, 3.8) is 0 Å². The Morgan fingerprint density at radius 3 is 3.05 bits per heavy atom. The van der Waals surface area contributed by atoms with E-state index < -0.39 is 0 Å². The van der Waals surface area contributed by atoms with Crippen molar-refractivity contribution in [3.8, 4) is 5.75 Å². The normalized spacial score (nSPS) is 27.0. The molecule has 0 aliphatic carbocycles. The van der Waals surface area contributed by atoms with E-state index in [9.17, 15) is 0 Å². The van der Waals surface area contributed by atoms with Crippen molar-refractivity contribution in [3.05, 3.63) is 29.8 Å². The van der Waals surface area contributed by atoms with E-state index in [0.29, 0.717) is 5.92 Å². The van der Waals surface area contributed by atoms with E-state index in [0.717, 1.165) is 30.0 Å². The quantitative estimate of drug-likeness (QED) is 0.784. The van der Waals surface area contributed by atoms with Crippen LogP contribution >= 0.6 is 15.9 Å². The molecule has 1 aromatic rings. The largest absolute Gasteiger partial charge is 0.493 e. The van der Waals surface area contributed by atoms with Gasteiger partial charge in [-0.05, 0) is 43.4 Å². The highest BCUT2D eigenvalue weighted by Gasteiger charge is 2.27. The molecule has 0 amide bonds. The highest BCUT2D eigenvalue weighted by Crippen LogP contribution is 2.35. The molecular weight excluding hydrogens is 302 g/mol. The minimum atomic E-state index is 0.660. The average Bonchev–Trinajstić information content (AvgIpc) is 2.87. The second kappa shape index (κ2) is 6.27. The van der Waals surface area contributed by atoms with Crippen molar-refractivity contribution in [1.82, 2.24) is 4.90 Å². The lowest BCUT2D eigenvalue weighted by atomic mass is 9.92. The molecule has 3 heteroatoms. The maximum atomic E-state index is 5.75. The van der Waals surface area contributed by atoms with Crippen LogP contribution in [-0.4, -0.2) is 36.5 Å². The highest BCUT2D eigenvalue weighted by molar-refractivity contribution is 9.09. The molecule has 0 N–H and O–H groups in total. The van der Waals surface area contributed by atoms with E-state index in [-0.39, 0.29) is 0 Å². The fourth-order valence-corrected chi connectivity index (χ4v) is 4.03. The molecule has 2 atom stereocenters. The van der Waals surface area contributed by atoms with Gasteiger partial charge in [0, 0.05) is 24.3 Å². The number of hydrogen-bond donors (Lipinski definition) is 0. The third-order valence-corrected chi connectivity index (χ3v) is 4.91. The maximum absolute atomic E-state index is 5.75. The Balaban J connectivity index is 1.62. The van der Waals surface area contributed by atoms with Crippen molar-refractivity contribution in [2.45, 2.75) is 25.2 Å². The Hall–Kier alpha value is -0.540. The third-order valence-electron chi connectivity index (χ3n) is 4.45. The third kappa shape index (κ3) is 3.14. The summed E-state index contributed by atoms with van der Waals surface area (Å²) in [5.74, 6) is 2.66. The van der Waals surface area contributed by atoms with Crippen LogP contribution in [0.3, 0.4) is 0 Å². The van der Waals surface area contributed by atoms with Crippen LogP contribution in [0.2, 0.25) is 0 Å². The SMILES string of the molecule is BrCCC1CCN(CC2CCOc3ccccc32)C1. The molecule has 0 radical (unpaired) electrons. The van der Waals surface area contributed by atoms with Gasteiger partial charge in [-0.25, -0.2) is 0 Å². The molecule has 1 aromatic carbocycles. The topological polar surface area (TPSA) is 12.5 Å². The van der Waals surface area contributed by atoms with Crippen molar-refractivity contribution in [2.75, 3.05) is 31.6 Å². The van der Waals surface area contributed by atoms with Gasteiger partial charge in [0.25, 0.3) is 0 Å². The first kappa shape index (κ1) is 13.4. The number of alkyl halides is 1. The summed E-state index contributed by atoms with van der Waals surface area (Å²) in [4.78, 5) is 2.65. The molecule has 2 nitrogen and oxygen atoms in total. The van der Waals surface area contributed by atoms with Crippen LogP contribution in [0, 0.1) is 5.92 Å². The summed E-state index contributed by atoms with van der Waals surface area (Å²) < 4.78 is 5.75. The smallest absolute Gasteiger partial charge is 0.122 e. The molecule has 2 aliphatic heterocycles. The molecule has 19 heavy (non-hydrogen) atoms. The molecule has 2 heterocycles. The average molecular weight is 324 g/mol. The highest BCUT2D eigenvalue weighted by atomic mass is 79.9. The van der Waals surface area contributed by atoms with Gasteiger partial charge in [0.15, 0.2) is 0 Å². The molecule has 2 aliphatic rings. The monoisotopic (exact) mass is 323 g/mol. The molecule has 3 rings (SSSR count). The van der Waals surface area contributed by atoms with Gasteiger partial charge in [-0.3, -0.25) is 0 Å². The summed E-state index contributed by atoms with van der Waals surface area (Å²) in [5, 5.41) is 1.14. The molecule has 0 saturated carbocycles. The van der Waals surface area contributed by atoms with Crippen LogP contribution in [0.25, 0.3) is 0 Å². The van der Waals surface area contributed by atoms with Gasteiger partial charge >= 0.3 is 0 Å². The minimum Gasteiger partial charge on any atom is -0.493 e. The second-order valence-electron chi connectivity index (χ2n) is 5.76. The number of likely N-dealkylation sites (tertiary alicyclic amines) is 1. The predicted octanol–water partition coefficient (Wildman–Crippen LogP) is 3.66. The molecule has 1 saturated heterocycles. The van der Waals surface area contributed by atoms with E-state index in [2.05, 4.69) is 45.1 Å². The van der Waals surface area contributed by atoms with Gasteiger partial charge < -0.3 is 9.64 Å². The lowest BCUT2D eigenvalue weighted by molar-refractivity contribution is 0.228. The number of nitrogens with zero attached hydrogens (tertiary/aromatic N) is 1. The van der Waals surface area contributed by atoms with E-state index in [1.807, 2.05) is 0 Å². The Labute approximate surface area is 124 Å². The van der Waals surface area contributed by atoms with Gasteiger partial charge in [-0.15, -0.1) is 0 Å². The van der Waals surface area contributed by atoms with Crippen LogP contribution in [0.1, 0.15) is 30.7 Å². The predicted molar refractivity (Wildman–Crippen MR) is 82.3 cm³/mol. The first-order chi connectivity index (χ1) is 9.36. The van der Waals surface area contributed by atoms with Crippen molar-refractivity contribution in [2.24, 2.45) is 5.92 Å². The number of hydrogen-bond acceptors (Lipinski definition) is 2.